The molecule has 0 aromatic carbocycles. The van der Waals surface area contributed by atoms with Crippen molar-refractivity contribution in [3.05, 3.63) is 42.1 Å². The van der Waals surface area contributed by atoms with Gasteiger partial charge in [-0.1, -0.05) is 0 Å². The van der Waals surface area contributed by atoms with Crippen molar-refractivity contribution in [3.8, 4) is 11.3 Å². The van der Waals surface area contributed by atoms with Crippen LogP contribution >= 0.6 is 0 Å². The lowest BCUT2D eigenvalue weighted by Gasteiger charge is -2.24. The molecule has 25 heavy (non-hydrogen) atoms. The highest BCUT2D eigenvalue weighted by Gasteiger charge is 2.31. The maximum absolute atomic E-state index is 12.2. The van der Waals surface area contributed by atoms with Gasteiger partial charge in [0, 0.05) is 31.6 Å². The molecule has 1 atom stereocenters. The zero-order valence-electron chi connectivity index (χ0n) is 13.8. The minimum Gasteiger partial charge on any atom is -0.478 e. The number of carboxylic acids is 1. The summed E-state index contributed by atoms with van der Waals surface area (Å²) in [5.41, 5.74) is 1.86. The maximum Gasteiger partial charge on any atom is 0.337 e. The molecule has 8 heteroatoms. The van der Waals surface area contributed by atoms with Gasteiger partial charge >= 0.3 is 5.97 Å². The third-order valence-corrected chi connectivity index (χ3v) is 4.12. The van der Waals surface area contributed by atoms with Crippen LogP contribution < -0.4 is 0 Å². The van der Waals surface area contributed by atoms with Gasteiger partial charge in [-0.25, -0.2) is 9.78 Å². The minimum absolute atomic E-state index is 0.0359. The monoisotopic (exact) mass is 342 g/mol. The van der Waals surface area contributed by atoms with Gasteiger partial charge in [-0.2, -0.15) is 0 Å². The van der Waals surface area contributed by atoms with Crippen molar-refractivity contribution in [2.45, 2.75) is 18.9 Å². The molecule has 3 rings (SSSR count). The van der Waals surface area contributed by atoms with Gasteiger partial charge in [-0.3, -0.25) is 14.8 Å². The standard InChI is InChI=1S/C17H18N4O4/c1-25-10-16(22)21-4-2-3-15(21)14-9-19-8-13(20-14)11-5-12(17(23)24)7-18-6-11/h5-9,15H,2-4,10H2,1H3,(H,23,24)/t15-/m1/s1. The van der Waals surface area contributed by atoms with Gasteiger partial charge in [0.2, 0.25) is 5.91 Å². The van der Waals surface area contributed by atoms with Gasteiger partial charge in [-0.05, 0) is 18.9 Å². The molecule has 2 aromatic heterocycles. The van der Waals surface area contributed by atoms with Crippen LogP contribution in [0.3, 0.4) is 0 Å². The summed E-state index contributed by atoms with van der Waals surface area (Å²) in [5, 5.41) is 9.10. The molecule has 0 unspecified atom stereocenters. The van der Waals surface area contributed by atoms with E-state index in [9.17, 15) is 9.59 Å². The summed E-state index contributed by atoms with van der Waals surface area (Å²) >= 11 is 0. The number of carbonyl (C=O) groups excluding carboxylic acids is 1. The Morgan fingerprint density at radius 3 is 2.84 bits per heavy atom. The number of carbonyl (C=O) groups is 2. The molecule has 3 heterocycles. The second-order valence-corrected chi connectivity index (χ2v) is 5.77. The van der Waals surface area contributed by atoms with E-state index in [-0.39, 0.29) is 24.1 Å². The average Bonchev–Trinajstić information content (AvgIpc) is 3.12. The van der Waals surface area contributed by atoms with E-state index in [0.717, 1.165) is 12.8 Å². The number of carboxylic acid groups (broad SMARTS) is 1. The van der Waals surface area contributed by atoms with E-state index in [1.165, 1.54) is 19.4 Å². The van der Waals surface area contributed by atoms with Gasteiger partial charge in [-0.15, -0.1) is 0 Å². The fraction of sp³-hybridized carbons (Fsp3) is 0.353. The Hall–Kier alpha value is -2.87. The molecule has 0 aliphatic carbocycles. The summed E-state index contributed by atoms with van der Waals surface area (Å²) in [5.74, 6) is -1.13. The number of hydrogen-bond donors (Lipinski definition) is 1. The number of aromatic nitrogens is 3. The number of hydrogen-bond acceptors (Lipinski definition) is 6. The first-order chi connectivity index (χ1) is 12.1. The van der Waals surface area contributed by atoms with Crippen molar-refractivity contribution >= 4 is 11.9 Å². The average molecular weight is 342 g/mol. The van der Waals surface area contributed by atoms with E-state index < -0.39 is 5.97 Å². The van der Waals surface area contributed by atoms with Crippen molar-refractivity contribution in [2.24, 2.45) is 0 Å². The number of ether oxygens (including phenoxy) is 1. The zero-order valence-corrected chi connectivity index (χ0v) is 13.8. The zero-order chi connectivity index (χ0) is 17.8. The smallest absolute Gasteiger partial charge is 0.337 e. The van der Waals surface area contributed by atoms with Gasteiger partial charge in [0.05, 0.1) is 35.4 Å². The van der Waals surface area contributed by atoms with Crippen LogP contribution in [0.1, 0.15) is 34.9 Å². The molecule has 0 bridgehead atoms. The predicted molar refractivity (Wildman–Crippen MR) is 87.8 cm³/mol. The summed E-state index contributed by atoms with van der Waals surface area (Å²) in [6, 6.07) is 1.36. The molecule has 0 radical (unpaired) electrons. The van der Waals surface area contributed by atoms with Crippen molar-refractivity contribution in [1.29, 1.82) is 0 Å². The first kappa shape index (κ1) is 17.0. The molecule has 1 saturated heterocycles. The molecule has 1 N–H and O–H groups in total. The number of aromatic carboxylic acids is 1. The van der Waals surface area contributed by atoms with Crippen LogP contribution in [0.4, 0.5) is 0 Å². The summed E-state index contributed by atoms with van der Waals surface area (Å²) in [4.78, 5) is 37.8. The van der Waals surface area contributed by atoms with Crippen molar-refractivity contribution in [1.82, 2.24) is 19.9 Å². The SMILES string of the molecule is COCC(=O)N1CCC[C@@H]1c1cncc(-c2cncc(C(=O)O)c2)n1. The Morgan fingerprint density at radius 2 is 2.08 bits per heavy atom. The summed E-state index contributed by atoms with van der Waals surface area (Å²) in [6.45, 7) is 0.697. The van der Waals surface area contributed by atoms with Crippen LogP contribution in [-0.4, -0.2) is 57.1 Å². The molecule has 1 amide bonds. The molecular formula is C17H18N4O4. The second kappa shape index (κ2) is 7.35. The minimum atomic E-state index is -1.05. The fourth-order valence-corrected chi connectivity index (χ4v) is 2.96. The molecule has 1 aliphatic heterocycles. The fourth-order valence-electron chi connectivity index (χ4n) is 2.96. The number of nitrogens with zero attached hydrogens (tertiary/aromatic N) is 4. The molecular weight excluding hydrogens is 324 g/mol. The first-order valence-electron chi connectivity index (χ1n) is 7.89. The Morgan fingerprint density at radius 1 is 1.28 bits per heavy atom. The Bertz CT molecular complexity index is 796. The highest BCUT2D eigenvalue weighted by molar-refractivity contribution is 5.88. The lowest BCUT2D eigenvalue weighted by Crippen LogP contribution is -2.33. The van der Waals surface area contributed by atoms with Gasteiger partial charge in [0.15, 0.2) is 0 Å². The lowest BCUT2D eigenvalue weighted by molar-refractivity contribution is -0.136. The molecule has 0 spiro atoms. The third kappa shape index (κ3) is 3.63. The first-order valence-corrected chi connectivity index (χ1v) is 7.89. The lowest BCUT2D eigenvalue weighted by atomic mass is 10.1. The second-order valence-electron chi connectivity index (χ2n) is 5.77. The normalized spacial score (nSPS) is 16.8. The van der Waals surface area contributed by atoms with E-state index in [1.807, 2.05) is 0 Å². The molecule has 0 saturated carbocycles. The van der Waals surface area contributed by atoms with E-state index >= 15 is 0 Å². The Kier molecular flexibility index (Phi) is 4.99. The summed E-state index contributed by atoms with van der Waals surface area (Å²) in [7, 11) is 1.49. The van der Waals surface area contributed by atoms with Crippen LogP contribution in [0.5, 0.6) is 0 Å². The molecule has 130 valence electrons. The largest absolute Gasteiger partial charge is 0.478 e. The molecule has 1 fully saturated rings. The van der Waals surface area contributed by atoms with E-state index in [2.05, 4.69) is 15.0 Å². The number of methoxy groups -OCH3 is 1. The Labute approximate surface area is 144 Å². The van der Waals surface area contributed by atoms with Crippen LogP contribution in [0, 0.1) is 0 Å². The molecule has 2 aromatic rings. The summed E-state index contributed by atoms with van der Waals surface area (Å²) < 4.78 is 4.94. The predicted octanol–water partition coefficient (Wildman–Crippen LogP) is 1.55. The Balaban J connectivity index is 1.90. The number of rotatable bonds is 5. The summed E-state index contributed by atoms with van der Waals surface area (Å²) in [6.07, 6.45) is 7.72. The van der Waals surface area contributed by atoms with Crippen molar-refractivity contribution < 1.29 is 19.4 Å². The maximum atomic E-state index is 12.2. The van der Waals surface area contributed by atoms with Crippen molar-refractivity contribution in [2.75, 3.05) is 20.3 Å². The molecule has 8 nitrogen and oxygen atoms in total. The van der Waals surface area contributed by atoms with E-state index in [1.54, 1.807) is 23.5 Å². The van der Waals surface area contributed by atoms with Gasteiger partial charge in [0.25, 0.3) is 0 Å². The van der Waals surface area contributed by atoms with Crippen molar-refractivity contribution in [3.63, 3.8) is 0 Å². The number of amides is 1. The quantitative estimate of drug-likeness (QED) is 0.878. The van der Waals surface area contributed by atoms with Crippen LogP contribution in [0.2, 0.25) is 0 Å². The van der Waals surface area contributed by atoms with Crippen LogP contribution in [0.15, 0.2) is 30.9 Å². The van der Waals surface area contributed by atoms with E-state index in [0.29, 0.717) is 23.5 Å². The molecule has 1 aliphatic rings. The topological polar surface area (TPSA) is 106 Å². The number of likely N-dealkylation sites (tertiary alicyclic amines) is 1. The number of pyridine rings is 1. The van der Waals surface area contributed by atoms with Gasteiger partial charge < -0.3 is 14.7 Å². The van der Waals surface area contributed by atoms with Crippen LogP contribution in [-0.2, 0) is 9.53 Å². The van der Waals surface area contributed by atoms with Gasteiger partial charge in [0.1, 0.15) is 6.61 Å². The van der Waals surface area contributed by atoms with Crippen LogP contribution in [0.25, 0.3) is 11.3 Å². The third-order valence-electron chi connectivity index (χ3n) is 4.12. The van der Waals surface area contributed by atoms with E-state index in [4.69, 9.17) is 9.84 Å². The highest BCUT2D eigenvalue weighted by atomic mass is 16.5. The highest BCUT2D eigenvalue weighted by Crippen LogP contribution is 2.31.